The molecule has 1 heterocycles. The monoisotopic (exact) mass is 481 g/mol. The molecule has 4 N–H and O–H groups in total. The Morgan fingerprint density at radius 3 is 2.37 bits per heavy atom. The van der Waals surface area contributed by atoms with Crippen molar-refractivity contribution in [1.82, 2.24) is 16.0 Å². The number of hydrogen-bond donors (Lipinski definition) is 4. The molecule has 0 radical (unpaired) electrons. The fraction of sp³-hybridized carbons (Fsp3) is 0.385. The van der Waals surface area contributed by atoms with Gasteiger partial charge in [-0.2, -0.15) is 0 Å². The fourth-order valence-electron chi connectivity index (χ4n) is 3.94. The van der Waals surface area contributed by atoms with Gasteiger partial charge >= 0.3 is 5.97 Å². The van der Waals surface area contributed by atoms with Crippen molar-refractivity contribution in [3.05, 3.63) is 65.7 Å². The third-order valence-electron chi connectivity index (χ3n) is 5.60. The van der Waals surface area contributed by atoms with E-state index in [1.165, 1.54) is 6.07 Å². The van der Waals surface area contributed by atoms with E-state index in [0.717, 1.165) is 5.56 Å². The number of ether oxygens (including phenoxy) is 1. The molecule has 3 amide bonds. The number of hydrogen-bond acceptors (Lipinski definition) is 5. The maximum Gasteiger partial charge on any atom is 0.326 e. The van der Waals surface area contributed by atoms with Gasteiger partial charge in [0, 0.05) is 6.42 Å². The molecule has 0 aliphatic carbocycles. The van der Waals surface area contributed by atoms with Gasteiger partial charge in [0.25, 0.3) is 5.91 Å². The van der Waals surface area contributed by atoms with Crippen LogP contribution >= 0.6 is 0 Å². The number of benzene rings is 2. The molecule has 3 atom stereocenters. The summed E-state index contributed by atoms with van der Waals surface area (Å²) < 4.78 is 5.92. The van der Waals surface area contributed by atoms with Crippen molar-refractivity contribution in [2.75, 3.05) is 6.61 Å². The molecule has 186 valence electrons. The Balaban J connectivity index is 1.94. The number of carbonyl (C=O) groups is 4. The van der Waals surface area contributed by atoms with Crippen molar-refractivity contribution in [1.29, 1.82) is 0 Å². The molecule has 0 fully saturated rings. The molecule has 2 aromatic carbocycles. The molecule has 1 aliphatic heterocycles. The van der Waals surface area contributed by atoms with Crippen molar-refractivity contribution < 1.29 is 29.0 Å². The molecule has 9 heteroatoms. The van der Waals surface area contributed by atoms with E-state index in [9.17, 15) is 24.3 Å². The first kappa shape index (κ1) is 25.7. The third kappa shape index (κ3) is 7.56. The Morgan fingerprint density at radius 1 is 1.00 bits per heavy atom. The second-order valence-electron chi connectivity index (χ2n) is 9.02. The highest BCUT2D eigenvalue weighted by atomic mass is 16.5. The molecule has 35 heavy (non-hydrogen) atoms. The standard InChI is InChI=1S/C26H31N3O6/c1-16(2)12-18-15-35-22-11-7-6-10-19(22)24(31)29-21(26(33)34)14-23(30)28-20(25(32)27-18)13-17-8-4-3-5-9-17/h3-11,16,18,20-21H,12-15H2,1-2H3,(H,27,32)(H,28,30)(H,29,31)(H,33,34)/t18-,20-,21+/m1/s1. The molecule has 3 rings (SSSR count). The van der Waals surface area contributed by atoms with Gasteiger partial charge in [-0.05, 0) is 30.0 Å². The van der Waals surface area contributed by atoms with E-state index in [1.54, 1.807) is 18.2 Å². The second-order valence-corrected chi connectivity index (χ2v) is 9.02. The highest BCUT2D eigenvalue weighted by Gasteiger charge is 2.30. The maximum absolute atomic E-state index is 13.3. The summed E-state index contributed by atoms with van der Waals surface area (Å²) in [7, 11) is 0. The van der Waals surface area contributed by atoms with Gasteiger partial charge in [0.1, 0.15) is 24.4 Å². The summed E-state index contributed by atoms with van der Waals surface area (Å²) in [6.07, 6.45) is 0.311. The number of amides is 3. The largest absolute Gasteiger partial charge is 0.491 e. The lowest BCUT2D eigenvalue weighted by molar-refractivity contribution is -0.141. The highest BCUT2D eigenvalue weighted by Crippen LogP contribution is 2.20. The van der Waals surface area contributed by atoms with E-state index in [1.807, 2.05) is 44.2 Å². The molecular weight excluding hydrogens is 450 g/mol. The van der Waals surface area contributed by atoms with E-state index in [-0.39, 0.29) is 36.3 Å². The first-order chi connectivity index (χ1) is 16.7. The Morgan fingerprint density at radius 2 is 1.69 bits per heavy atom. The normalized spacial score (nSPS) is 21.6. The van der Waals surface area contributed by atoms with Crippen LogP contribution in [0.25, 0.3) is 0 Å². The van der Waals surface area contributed by atoms with E-state index < -0.39 is 42.2 Å². The SMILES string of the molecule is CC(C)C[C@@H]1COc2ccccc2C(=O)N[C@H](C(=O)O)CC(=O)N[C@H](Cc2ccccc2)C(=O)N1. The predicted molar refractivity (Wildman–Crippen MR) is 129 cm³/mol. The van der Waals surface area contributed by atoms with E-state index in [0.29, 0.717) is 6.42 Å². The van der Waals surface area contributed by atoms with Crippen LogP contribution in [0.1, 0.15) is 42.6 Å². The zero-order chi connectivity index (χ0) is 25.4. The van der Waals surface area contributed by atoms with Gasteiger partial charge in [-0.1, -0.05) is 56.3 Å². The zero-order valence-electron chi connectivity index (χ0n) is 19.8. The van der Waals surface area contributed by atoms with Crippen molar-refractivity contribution in [3.63, 3.8) is 0 Å². The summed E-state index contributed by atoms with van der Waals surface area (Å²) in [5, 5.41) is 17.6. The summed E-state index contributed by atoms with van der Waals surface area (Å²) in [6, 6.07) is 12.9. The summed E-state index contributed by atoms with van der Waals surface area (Å²) in [5.41, 5.74) is 0.982. The number of carboxylic acids is 1. The first-order valence-electron chi connectivity index (χ1n) is 11.6. The van der Waals surface area contributed by atoms with Crippen LogP contribution in [0.15, 0.2) is 54.6 Å². The average Bonchev–Trinajstić information content (AvgIpc) is 2.81. The number of carbonyl (C=O) groups excluding carboxylic acids is 3. The molecule has 0 aromatic heterocycles. The van der Waals surface area contributed by atoms with Crippen LogP contribution in [0.3, 0.4) is 0 Å². The van der Waals surface area contributed by atoms with Gasteiger partial charge in [-0.3, -0.25) is 14.4 Å². The Kier molecular flexibility index (Phi) is 8.83. The van der Waals surface area contributed by atoms with Crippen LogP contribution in [0.4, 0.5) is 0 Å². The molecule has 1 aliphatic rings. The van der Waals surface area contributed by atoms with E-state index >= 15 is 0 Å². The molecule has 2 aromatic rings. The molecular formula is C26H31N3O6. The number of para-hydroxylation sites is 1. The summed E-state index contributed by atoms with van der Waals surface area (Å²) in [4.78, 5) is 50.7. The van der Waals surface area contributed by atoms with Gasteiger partial charge < -0.3 is 25.8 Å². The lowest BCUT2D eigenvalue weighted by Gasteiger charge is -2.26. The number of carboxylic acid groups (broad SMARTS) is 1. The average molecular weight is 482 g/mol. The quantitative estimate of drug-likeness (QED) is 0.516. The van der Waals surface area contributed by atoms with Crippen LogP contribution < -0.4 is 20.7 Å². The maximum atomic E-state index is 13.3. The number of fused-ring (bicyclic) bond motifs is 1. The number of aliphatic carboxylic acids is 1. The number of rotatable bonds is 5. The van der Waals surface area contributed by atoms with Crippen LogP contribution in [-0.2, 0) is 20.8 Å². The van der Waals surface area contributed by atoms with Crippen molar-refractivity contribution in [2.45, 2.75) is 51.2 Å². The second kappa shape index (κ2) is 12.0. The molecule has 0 saturated heterocycles. The van der Waals surface area contributed by atoms with E-state index in [2.05, 4.69) is 16.0 Å². The summed E-state index contributed by atoms with van der Waals surface area (Å²) in [5.74, 6) is -2.56. The zero-order valence-corrected chi connectivity index (χ0v) is 19.8. The van der Waals surface area contributed by atoms with Gasteiger partial charge in [-0.25, -0.2) is 4.79 Å². The highest BCUT2D eigenvalue weighted by molar-refractivity contribution is 6.00. The molecule has 0 bridgehead atoms. The van der Waals surface area contributed by atoms with Crippen molar-refractivity contribution in [2.24, 2.45) is 5.92 Å². The number of nitrogens with one attached hydrogen (secondary N) is 3. The minimum Gasteiger partial charge on any atom is -0.491 e. The summed E-state index contributed by atoms with van der Waals surface area (Å²) in [6.45, 7) is 4.14. The lowest BCUT2D eigenvalue weighted by atomic mass is 10.0. The Labute approximate surface area is 204 Å². The van der Waals surface area contributed by atoms with Crippen LogP contribution in [0, 0.1) is 5.92 Å². The minimum atomic E-state index is -1.48. The summed E-state index contributed by atoms with van der Waals surface area (Å²) >= 11 is 0. The Bertz CT molecular complexity index is 1060. The molecule has 9 nitrogen and oxygen atoms in total. The van der Waals surface area contributed by atoms with Crippen molar-refractivity contribution in [3.8, 4) is 5.75 Å². The Hall–Kier alpha value is -3.88. The molecule has 0 saturated carbocycles. The topological polar surface area (TPSA) is 134 Å². The lowest BCUT2D eigenvalue weighted by Crippen LogP contribution is -2.53. The van der Waals surface area contributed by atoms with E-state index in [4.69, 9.17) is 4.74 Å². The third-order valence-corrected chi connectivity index (χ3v) is 5.60. The molecule has 0 spiro atoms. The van der Waals surface area contributed by atoms with Gasteiger partial charge in [0.15, 0.2) is 0 Å². The first-order valence-corrected chi connectivity index (χ1v) is 11.6. The van der Waals surface area contributed by atoms with Gasteiger partial charge in [0.2, 0.25) is 11.8 Å². The van der Waals surface area contributed by atoms with Crippen LogP contribution in [0.5, 0.6) is 5.75 Å². The van der Waals surface area contributed by atoms with Crippen molar-refractivity contribution >= 4 is 23.7 Å². The van der Waals surface area contributed by atoms with Gasteiger partial charge in [-0.15, -0.1) is 0 Å². The molecule has 0 unspecified atom stereocenters. The minimum absolute atomic E-state index is 0.0998. The predicted octanol–water partition coefficient (Wildman–Crippen LogP) is 1.91. The van der Waals surface area contributed by atoms with Crippen LogP contribution in [-0.4, -0.2) is 53.5 Å². The van der Waals surface area contributed by atoms with Crippen LogP contribution in [0.2, 0.25) is 0 Å². The smallest absolute Gasteiger partial charge is 0.326 e. The van der Waals surface area contributed by atoms with Gasteiger partial charge in [0.05, 0.1) is 18.0 Å². The fourth-order valence-corrected chi connectivity index (χ4v) is 3.94.